The number of hydroxylamine groups is 2. The van der Waals surface area contributed by atoms with Gasteiger partial charge in [-0.2, -0.15) is 0 Å². The van der Waals surface area contributed by atoms with Crippen molar-refractivity contribution < 1.29 is 24.0 Å². The van der Waals surface area contributed by atoms with E-state index in [0.29, 0.717) is 11.5 Å². The summed E-state index contributed by atoms with van der Waals surface area (Å²) in [4.78, 5) is 42.1. The number of carbonyl (C=O) groups excluding carboxylic acids is 3. The van der Waals surface area contributed by atoms with Crippen LogP contribution in [0.25, 0.3) is 0 Å². The van der Waals surface area contributed by atoms with Crippen LogP contribution in [0, 0.1) is 5.41 Å². The number of hydrogen-bond donors (Lipinski definition) is 0. The molecule has 0 saturated carbocycles. The Morgan fingerprint density at radius 1 is 1.23 bits per heavy atom. The summed E-state index contributed by atoms with van der Waals surface area (Å²) in [5.74, 6) is -1.77. The molecule has 0 N–H and O–H groups in total. The standard InChI is InChI=1S/C16H15NO5/c1-16(8-9-6-7-12(16)21-9)15(20)22-17-13(18)10-4-2-3-5-11(10)14(17)19/h2-5,9,12H,6-8H2,1H3/t9-,12+,16+/m0/s1. The van der Waals surface area contributed by atoms with E-state index in [1.807, 2.05) is 0 Å². The van der Waals surface area contributed by atoms with Gasteiger partial charge in [-0.25, -0.2) is 4.79 Å². The molecule has 3 aliphatic rings. The van der Waals surface area contributed by atoms with Gasteiger partial charge in [-0.3, -0.25) is 9.59 Å². The molecule has 0 spiro atoms. The molecule has 4 rings (SSSR count). The molecular weight excluding hydrogens is 286 g/mol. The second kappa shape index (κ2) is 4.39. The number of carbonyl (C=O) groups is 3. The minimum absolute atomic E-state index is 0.0738. The molecule has 1 aromatic rings. The number of imide groups is 1. The van der Waals surface area contributed by atoms with Crippen molar-refractivity contribution in [1.82, 2.24) is 5.06 Å². The van der Waals surface area contributed by atoms with Gasteiger partial charge >= 0.3 is 5.97 Å². The topological polar surface area (TPSA) is 72.9 Å². The van der Waals surface area contributed by atoms with Gasteiger partial charge in [0.05, 0.1) is 28.7 Å². The molecule has 0 radical (unpaired) electrons. The fourth-order valence-electron chi connectivity index (χ4n) is 3.58. The van der Waals surface area contributed by atoms with Gasteiger partial charge in [0, 0.05) is 0 Å². The Hall–Kier alpha value is -2.21. The maximum Gasteiger partial charge on any atom is 0.341 e. The van der Waals surface area contributed by atoms with Crippen molar-refractivity contribution in [2.75, 3.05) is 0 Å². The quantitative estimate of drug-likeness (QED) is 0.777. The lowest BCUT2D eigenvalue weighted by molar-refractivity contribution is -0.183. The Balaban J connectivity index is 1.57. The number of benzene rings is 1. The lowest BCUT2D eigenvalue weighted by Crippen LogP contribution is -2.43. The second-order valence-corrected chi connectivity index (χ2v) is 6.27. The summed E-state index contributed by atoms with van der Waals surface area (Å²) in [5, 5.41) is 0.574. The lowest BCUT2D eigenvalue weighted by atomic mass is 9.76. The van der Waals surface area contributed by atoms with Crippen LogP contribution in [0.5, 0.6) is 0 Å². The Morgan fingerprint density at radius 2 is 1.86 bits per heavy atom. The van der Waals surface area contributed by atoms with E-state index in [4.69, 9.17) is 9.57 Å². The van der Waals surface area contributed by atoms with Crippen molar-refractivity contribution in [2.45, 2.75) is 38.4 Å². The number of fused-ring (bicyclic) bond motifs is 3. The Morgan fingerprint density at radius 3 is 2.36 bits per heavy atom. The van der Waals surface area contributed by atoms with E-state index in [9.17, 15) is 14.4 Å². The molecular formula is C16H15NO5. The third-order valence-corrected chi connectivity index (χ3v) is 4.87. The van der Waals surface area contributed by atoms with Crippen molar-refractivity contribution in [2.24, 2.45) is 5.41 Å². The van der Waals surface area contributed by atoms with Crippen molar-refractivity contribution in [3.8, 4) is 0 Å². The van der Waals surface area contributed by atoms with Crippen LogP contribution in [-0.4, -0.2) is 35.1 Å². The third-order valence-electron chi connectivity index (χ3n) is 4.87. The number of hydrogen-bond acceptors (Lipinski definition) is 5. The first-order valence-electron chi connectivity index (χ1n) is 7.36. The molecule has 3 aliphatic heterocycles. The molecule has 6 heteroatoms. The van der Waals surface area contributed by atoms with Crippen LogP contribution < -0.4 is 0 Å². The predicted molar refractivity (Wildman–Crippen MR) is 73.7 cm³/mol. The van der Waals surface area contributed by atoms with Crippen LogP contribution >= 0.6 is 0 Å². The summed E-state index contributed by atoms with van der Waals surface area (Å²) in [7, 11) is 0. The van der Waals surface area contributed by atoms with E-state index < -0.39 is 23.2 Å². The molecule has 2 fully saturated rings. The number of ether oxygens (including phenoxy) is 1. The predicted octanol–water partition coefficient (Wildman–Crippen LogP) is 1.70. The minimum atomic E-state index is -0.793. The number of rotatable bonds is 2. The van der Waals surface area contributed by atoms with E-state index in [2.05, 4.69) is 0 Å². The molecule has 6 nitrogen and oxygen atoms in total. The summed E-state index contributed by atoms with van der Waals surface area (Å²) in [6.07, 6.45) is 2.20. The van der Waals surface area contributed by atoms with Gasteiger partial charge in [0.2, 0.25) is 0 Å². The highest BCUT2D eigenvalue weighted by atomic mass is 16.7. The molecule has 2 amide bonds. The minimum Gasteiger partial charge on any atom is -0.374 e. The van der Waals surface area contributed by atoms with Crippen molar-refractivity contribution in [1.29, 1.82) is 0 Å². The van der Waals surface area contributed by atoms with Gasteiger partial charge in [-0.05, 0) is 38.3 Å². The van der Waals surface area contributed by atoms with Crippen molar-refractivity contribution in [3.05, 3.63) is 35.4 Å². The molecule has 114 valence electrons. The van der Waals surface area contributed by atoms with Crippen molar-refractivity contribution >= 4 is 17.8 Å². The summed E-state index contributed by atoms with van der Waals surface area (Å²) in [5.41, 5.74) is -0.276. The summed E-state index contributed by atoms with van der Waals surface area (Å²) < 4.78 is 5.70. The summed E-state index contributed by atoms with van der Waals surface area (Å²) in [6.45, 7) is 1.78. The van der Waals surface area contributed by atoms with E-state index in [-0.39, 0.29) is 23.3 Å². The van der Waals surface area contributed by atoms with Crippen LogP contribution in [-0.2, 0) is 14.4 Å². The third kappa shape index (κ3) is 1.67. The molecule has 22 heavy (non-hydrogen) atoms. The smallest absolute Gasteiger partial charge is 0.341 e. The van der Waals surface area contributed by atoms with E-state index in [1.165, 1.54) is 0 Å². The van der Waals surface area contributed by atoms with Crippen LogP contribution in [0.1, 0.15) is 46.9 Å². The van der Waals surface area contributed by atoms with Gasteiger partial charge in [0.25, 0.3) is 11.8 Å². The first kappa shape index (κ1) is 13.5. The fourth-order valence-corrected chi connectivity index (χ4v) is 3.58. The average molecular weight is 301 g/mol. The zero-order valence-electron chi connectivity index (χ0n) is 12.1. The SMILES string of the molecule is C[C@@]1(C(=O)ON2C(=O)c3ccccc3C2=O)C[C@@H]2CC[C@H]1O2. The monoisotopic (exact) mass is 301 g/mol. The van der Waals surface area contributed by atoms with E-state index in [1.54, 1.807) is 31.2 Å². The highest BCUT2D eigenvalue weighted by molar-refractivity contribution is 6.20. The number of amides is 2. The van der Waals surface area contributed by atoms with Crippen LogP contribution in [0.4, 0.5) is 0 Å². The van der Waals surface area contributed by atoms with Crippen LogP contribution in [0.3, 0.4) is 0 Å². The molecule has 2 bridgehead atoms. The zero-order chi connectivity index (χ0) is 15.5. The van der Waals surface area contributed by atoms with Gasteiger partial charge in [-0.15, -0.1) is 0 Å². The molecule has 2 saturated heterocycles. The van der Waals surface area contributed by atoms with Crippen molar-refractivity contribution in [3.63, 3.8) is 0 Å². The van der Waals surface area contributed by atoms with E-state index in [0.717, 1.165) is 12.8 Å². The van der Waals surface area contributed by atoms with Crippen LogP contribution in [0.2, 0.25) is 0 Å². The molecule has 3 heterocycles. The molecule has 3 atom stereocenters. The van der Waals surface area contributed by atoms with Gasteiger partial charge in [0.1, 0.15) is 0 Å². The average Bonchev–Trinajstić information content (AvgIpc) is 3.17. The lowest BCUT2D eigenvalue weighted by Gasteiger charge is -2.29. The number of nitrogens with zero attached hydrogens (tertiary/aromatic N) is 1. The van der Waals surface area contributed by atoms with Gasteiger partial charge < -0.3 is 9.57 Å². The van der Waals surface area contributed by atoms with E-state index >= 15 is 0 Å². The Labute approximate surface area is 126 Å². The largest absolute Gasteiger partial charge is 0.374 e. The molecule has 0 aromatic heterocycles. The highest BCUT2D eigenvalue weighted by Gasteiger charge is 2.56. The fraction of sp³-hybridized carbons (Fsp3) is 0.438. The first-order chi connectivity index (χ1) is 10.5. The maximum atomic E-state index is 12.5. The summed E-state index contributed by atoms with van der Waals surface area (Å²) in [6, 6.07) is 6.43. The Bertz CT molecular complexity index is 665. The Kier molecular flexibility index (Phi) is 2.69. The highest BCUT2D eigenvalue weighted by Crippen LogP contribution is 2.48. The second-order valence-electron chi connectivity index (χ2n) is 6.27. The normalized spacial score (nSPS) is 32.5. The van der Waals surface area contributed by atoms with Gasteiger partial charge in [0.15, 0.2) is 0 Å². The molecule has 1 aromatic carbocycles. The molecule has 0 unspecified atom stereocenters. The van der Waals surface area contributed by atoms with Gasteiger partial charge in [-0.1, -0.05) is 17.2 Å². The first-order valence-corrected chi connectivity index (χ1v) is 7.36. The maximum absolute atomic E-state index is 12.5. The molecule has 0 aliphatic carbocycles. The van der Waals surface area contributed by atoms with Crippen LogP contribution in [0.15, 0.2) is 24.3 Å². The summed E-state index contributed by atoms with van der Waals surface area (Å²) >= 11 is 0. The zero-order valence-corrected chi connectivity index (χ0v) is 12.1.